The van der Waals surface area contributed by atoms with Crippen molar-refractivity contribution in [3.05, 3.63) is 23.8 Å². The number of nitrogens with zero attached hydrogens (tertiary/aromatic N) is 1. The number of fused-ring (bicyclic) bond motifs is 1. The second-order valence-corrected chi connectivity index (χ2v) is 8.06. The molecule has 0 N–H and O–H groups in total. The molecule has 3 nitrogen and oxygen atoms in total. The van der Waals surface area contributed by atoms with E-state index in [-0.39, 0.29) is 5.41 Å². The maximum Gasteiger partial charge on any atom is 0.165 e. The predicted octanol–water partition coefficient (Wildman–Crippen LogP) is 3.61. The van der Waals surface area contributed by atoms with Gasteiger partial charge in [0, 0.05) is 24.1 Å². The van der Waals surface area contributed by atoms with E-state index in [2.05, 4.69) is 17.0 Å². The van der Waals surface area contributed by atoms with Crippen LogP contribution in [0.25, 0.3) is 0 Å². The number of para-hydroxylation sites is 1. The van der Waals surface area contributed by atoms with E-state index >= 15 is 0 Å². The highest BCUT2D eigenvalue weighted by Crippen LogP contribution is 2.58. The molecule has 0 unspecified atom stereocenters. The number of likely N-dealkylation sites (tertiary alicyclic amines) is 1. The fourth-order valence-electron chi connectivity index (χ4n) is 5.52. The molecule has 3 heteroatoms. The smallest absolute Gasteiger partial charge is 0.165 e. The molecule has 0 radical (unpaired) electrons. The summed E-state index contributed by atoms with van der Waals surface area (Å²) in [5.41, 5.74) is 1.69. The highest BCUT2D eigenvalue weighted by Gasteiger charge is 2.57. The normalized spacial score (nSPS) is 35.9. The average molecular weight is 313 g/mol. The van der Waals surface area contributed by atoms with Crippen molar-refractivity contribution in [3.8, 4) is 11.5 Å². The molecule has 3 atom stereocenters. The van der Waals surface area contributed by atoms with Crippen molar-refractivity contribution in [2.75, 3.05) is 26.7 Å². The molecule has 124 valence electrons. The van der Waals surface area contributed by atoms with Crippen LogP contribution in [0.5, 0.6) is 11.5 Å². The first-order valence-corrected chi connectivity index (χ1v) is 9.38. The third-order valence-electron chi connectivity index (χ3n) is 6.82. The Balaban J connectivity index is 1.51. The van der Waals surface area contributed by atoms with Gasteiger partial charge in [-0.2, -0.15) is 0 Å². The fraction of sp³-hybridized carbons (Fsp3) is 0.700. The van der Waals surface area contributed by atoms with Gasteiger partial charge in [-0.25, -0.2) is 0 Å². The standard InChI is InChI=1S/C20H27NO2/c1-22-17-6-3-5-16-19(17)23-18-7-2-4-15-13-21(12-14-8-9-14)11-10-20(15,16)18/h3,5-6,14-15,18H,2,4,7-13H2,1H3/t15-,18-,20-/m1/s1. The van der Waals surface area contributed by atoms with E-state index in [1.807, 2.05) is 6.07 Å². The molecule has 1 spiro atoms. The summed E-state index contributed by atoms with van der Waals surface area (Å²) in [4.78, 5) is 2.74. The van der Waals surface area contributed by atoms with Crippen LogP contribution in [0.3, 0.4) is 0 Å². The summed E-state index contributed by atoms with van der Waals surface area (Å²) in [5.74, 6) is 3.71. The topological polar surface area (TPSA) is 21.7 Å². The molecule has 23 heavy (non-hydrogen) atoms. The Kier molecular flexibility index (Phi) is 3.16. The minimum absolute atomic E-state index is 0.252. The van der Waals surface area contributed by atoms with Crippen LogP contribution in [0.2, 0.25) is 0 Å². The first kappa shape index (κ1) is 14.2. The van der Waals surface area contributed by atoms with E-state index in [0.717, 1.165) is 23.3 Å². The number of rotatable bonds is 3. The van der Waals surface area contributed by atoms with Crippen LogP contribution in [0, 0.1) is 11.8 Å². The largest absolute Gasteiger partial charge is 0.493 e. The van der Waals surface area contributed by atoms with E-state index in [0.29, 0.717) is 6.10 Å². The first-order valence-electron chi connectivity index (χ1n) is 9.38. The lowest BCUT2D eigenvalue weighted by Gasteiger charge is -2.51. The lowest BCUT2D eigenvalue weighted by molar-refractivity contribution is -0.00838. The zero-order valence-corrected chi connectivity index (χ0v) is 14.1. The Morgan fingerprint density at radius 3 is 3.00 bits per heavy atom. The van der Waals surface area contributed by atoms with Crippen LogP contribution in [-0.4, -0.2) is 37.7 Å². The molecule has 0 amide bonds. The summed E-state index contributed by atoms with van der Waals surface area (Å²) in [7, 11) is 1.76. The minimum atomic E-state index is 0.252. The summed E-state index contributed by atoms with van der Waals surface area (Å²) in [6.07, 6.45) is 8.42. The number of piperidine rings is 1. The highest BCUT2D eigenvalue weighted by molar-refractivity contribution is 5.55. The molecule has 1 saturated heterocycles. The van der Waals surface area contributed by atoms with Crippen molar-refractivity contribution < 1.29 is 9.47 Å². The Morgan fingerprint density at radius 1 is 1.26 bits per heavy atom. The van der Waals surface area contributed by atoms with E-state index < -0.39 is 0 Å². The summed E-state index contributed by atoms with van der Waals surface area (Å²) in [6.45, 7) is 3.85. The van der Waals surface area contributed by atoms with Gasteiger partial charge in [0.1, 0.15) is 6.10 Å². The Morgan fingerprint density at radius 2 is 2.17 bits per heavy atom. The quantitative estimate of drug-likeness (QED) is 0.851. The molecule has 2 heterocycles. The highest BCUT2D eigenvalue weighted by atomic mass is 16.5. The van der Waals surface area contributed by atoms with Crippen molar-refractivity contribution in [1.29, 1.82) is 0 Å². The second-order valence-electron chi connectivity index (χ2n) is 8.06. The van der Waals surface area contributed by atoms with Crippen molar-refractivity contribution in [2.24, 2.45) is 11.8 Å². The molecule has 2 aliphatic heterocycles. The molecule has 0 aromatic heterocycles. The molecule has 1 aromatic rings. The van der Waals surface area contributed by atoms with Crippen molar-refractivity contribution in [2.45, 2.75) is 50.0 Å². The van der Waals surface area contributed by atoms with E-state index in [4.69, 9.17) is 9.47 Å². The Bertz CT molecular complexity index is 612. The van der Waals surface area contributed by atoms with Gasteiger partial charge in [-0.15, -0.1) is 0 Å². The van der Waals surface area contributed by atoms with Crippen LogP contribution >= 0.6 is 0 Å². The van der Waals surface area contributed by atoms with Crippen LogP contribution in [-0.2, 0) is 5.41 Å². The van der Waals surface area contributed by atoms with Crippen LogP contribution in [0.1, 0.15) is 44.1 Å². The van der Waals surface area contributed by atoms with E-state index in [9.17, 15) is 0 Å². The Hall–Kier alpha value is -1.22. The minimum Gasteiger partial charge on any atom is -0.493 e. The van der Waals surface area contributed by atoms with E-state index in [1.54, 1.807) is 7.11 Å². The summed E-state index contributed by atoms with van der Waals surface area (Å²) >= 11 is 0. The van der Waals surface area contributed by atoms with Crippen LogP contribution < -0.4 is 9.47 Å². The number of benzene rings is 1. The number of hydrogen-bond donors (Lipinski definition) is 0. The fourth-order valence-corrected chi connectivity index (χ4v) is 5.52. The average Bonchev–Trinajstić information content (AvgIpc) is 3.33. The van der Waals surface area contributed by atoms with Gasteiger partial charge in [0.25, 0.3) is 0 Å². The van der Waals surface area contributed by atoms with E-state index in [1.165, 1.54) is 63.7 Å². The molecule has 5 rings (SSSR count). The molecule has 2 saturated carbocycles. The molecule has 4 aliphatic rings. The van der Waals surface area contributed by atoms with Gasteiger partial charge in [0.05, 0.1) is 7.11 Å². The van der Waals surface area contributed by atoms with Gasteiger partial charge in [0.2, 0.25) is 0 Å². The van der Waals surface area contributed by atoms with Gasteiger partial charge in [-0.1, -0.05) is 12.1 Å². The lowest BCUT2D eigenvalue weighted by Crippen LogP contribution is -2.56. The Labute approximate surface area is 139 Å². The molecular weight excluding hydrogens is 286 g/mol. The van der Waals surface area contributed by atoms with Crippen LogP contribution in [0.4, 0.5) is 0 Å². The summed E-state index contributed by atoms with van der Waals surface area (Å²) < 4.78 is 12.1. The molecule has 2 aliphatic carbocycles. The maximum atomic E-state index is 6.48. The van der Waals surface area contributed by atoms with Crippen molar-refractivity contribution in [3.63, 3.8) is 0 Å². The molecular formula is C20H27NO2. The maximum absolute atomic E-state index is 6.48. The third-order valence-corrected chi connectivity index (χ3v) is 6.82. The zero-order valence-electron chi connectivity index (χ0n) is 14.1. The zero-order chi connectivity index (χ0) is 15.4. The monoisotopic (exact) mass is 313 g/mol. The van der Waals surface area contributed by atoms with Gasteiger partial charge in [-0.05, 0) is 63.0 Å². The number of ether oxygens (including phenoxy) is 2. The van der Waals surface area contributed by atoms with Gasteiger partial charge >= 0.3 is 0 Å². The number of methoxy groups -OCH3 is 1. The van der Waals surface area contributed by atoms with Crippen molar-refractivity contribution >= 4 is 0 Å². The third kappa shape index (κ3) is 2.05. The SMILES string of the molecule is COc1cccc2c1O[C@@H]1CCC[C@@H]3CN(CC4CC4)CC[C@]231. The van der Waals surface area contributed by atoms with Gasteiger partial charge in [-0.3, -0.25) is 0 Å². The molecule has 3 fully saturated rings. The second kappa shape index (κ2) is 5.14. The first-order chi connectivity index (χ1) is 11.3. The van der Waals surface area contributed by atoms with Gasteiger partial charge in [0.15, 0.2) is 11.5 Å². The lowest BCUT2D eigenvalue weighted by atomic mass is 9.58. The van der Waals surface area contributed by atoms with Gasteiger partial charge < -0.3 is 14.4 Å². The summed E-state index contributed by atoms with van der Waals surface area (Å²) in [6, 6.07) is 6.51. The number of hydrogen-bond acceptors (Lipinski definition) is 3. The van der Waals surface area contributed by atoms with Crippen molar-refractivity contribution in [1.82, 2.24) is 4.90 Å². The molecule has 1 aromatic carbocycles. The predicted molar refractivity (Wildman–Crippen MR) is 90.2 cm³/mol. The molecule has 0 bridgehead atoms. The summed E-state index contributed by atoms with van der Waals surface area (Å²) in [5, 5.41) is 0. The van der Waals surface area contributed by atoms with Crippen LogP contribution in [0.15, 0.2) is 18.2 Å².